The van der Waals surface area contributed by atoms with Crippen LogP contribution in [0.2, 0.25) is 0 Å². The fraction of sp³-hybridized carbons (Fsp3) is 0.143. The predicted molar refractivity (Wildman–Crippen MR) is 108 cm³/mol. The van der Waals surface area contributed by atoms with Crippen molar-refractivity contribution < 1.29 is 4.79 Å². The number of benzene rings is 2. The first kappa shape index (κ1) is 17.7. The molecule has 2 aromatic carbocycles. The molecule has 0 radical (unpaired) electrons. The minimum atomic E-state index is -0.354. The molecule has 0 spiro atoms. The lowest BCUT2D eigenvalue weighted by molar-refractivity contribution is -0.116. The Labute approximate surface area is 161 Å². The van der Waals surface area contributed by atoms with Crippen molar-refractivity contribution >= 4 is 22.6 Å². The zero-order chi connectivity index (χ0) is 19.7. The number of rotatable bonds is 4. The second-order valence-corrected chi connectivity index (χ2v) is 6.57. The van der Waals surface area contributed by atoms with Gasteiger partial charge in [0, 0.05) is 25.1 Å². The van der Waals surface area contributed by atoms with Crippen molar-refractivity contribution in [2.24, 2.45) is 7.05 Å². The molecule has 0 bridgehead atoms. The Morgan fingerprint density at radius 2 is 1.86 bits per heavy atom. The number of carbonyl (C=O) groups is 1. The highest BCUT2D eigenvalue weighted by molar-refractivity contribution is 5.92. The first-order valence-corrected chi connectivity index (χ1v) is 8.87. The number of anilines is 1. The van der Waals surface area contributed by atoms with Crippen LogP contribution >= 0.6 is 0 Å². The quantitative estimate of drug-likeness (QED) is 0.596. The number of fused-ring (bicyclic) bond motifs is 1. The van der Waals surface area contributed by atoms with Crippen LogP contribution in [0.3, 0.4) is 0 Å². The van der Waals surface area contributed by atoms with Crippen LogP contribution in [0.25, 0.3) is 22.6 Å². The molecule has 28 heavy (non-hydrogen) atoms. The normalized spacial score (nSPS) is 10.9. The third kappa shape index (κ3) is 3.18. The number of aromatic nitrogens is 4. The van der Waals surface area contributed by atoms with E-state index in [2.05, 4.69) is 15.3 Å². The maximum absolute atomic E-state index is 13.2. The summed E-state index contributed by atoms with van der Waals surface area (Å²) in [6.07, 6.45) is 3.36. The average molecular weight is 373 g/mol. The number of carbonyl (C=O) groups excluding carboxylic acids is 1. The topological polar surface area (TPSA) is 81.8 Å². The largest absolute Gasteiger partial charge is 0.333 e. The van der Waals surface area contributed by atoms with Crippen LogP contribution in [0.5, 0.6) is 0 Å². The van der Waals surface area contributed by atoms with Gasteiger partial charge in [-0.2, -0.15) is 0 Å². The number of para-hydroxylation sites is 3. The summed E-state index contributed by atoms with van der Waals surface area (Å²) >= 11 is 0. The van der Waals surface area contributed by atoms with Gasteiger partial charge in [-0.25, -0.2) is 9.97 Å². The molecule has 0 saturated heterocycles. The van der Waals surface area contributed by atoms with Crippen LogP contribution in [0.1, 0.15) is 5.56 Å². The number of hydrogen-bond donors (Lipinski definition) is 1. The maximum atomic E-state index is 13.2. The van der Waals surface area contributed by atoms with Crippen molar-refractivity contribution in [3.05, 3.63) is 76.8 Å². The van der Waals surface area contributed by atoms with Gasteiger partial charge >= 0.3 is 0 Å². The van der Waals surface area contributed by atoms with E-state index in [0.717, 1.165) is 11.3 Å². The van der Waals surface area contributed by atoms with E-state index in [1.165, 1.54) is 4.57 Å². The minimum absolute atomic E-state index is 0.117. The summed E-state index contributed by atoms with van der Waals surface area (Å²) in [5, 5.41) is 2.88. The van der Waals surface area contributed by atoms with E-state index in [9.17, 15) is 9.59 Å². The summed E-state index contributed by atoms with van der Waals surface area (Å²) in [4.78, 5) is 34.6. The van der Waals surface area contributed by atoms with Gasteiger partial charge < -0.3 is 9.88 Å². The first-order valence-electron chi connectivity index (χ1n) is 8.87. The molecule has 4 rings (SSSR count). The van der Waals surface area contributed by atoms with Crippen molar-refractivity contribution in [2.45, 2.75) is 13.5 Å². The van der Waals surface area contributed by atoms with E-state index in [1.807, 2.05) is 49.4 Å². The van der Waals surface area contributed by atoms with Crippen LogP contribution in [0.4, 0.5) is 5.69 Å². The summed E-state index contributed by atoms with van der Waals surface area (Å²) in [5.74, 6) is 0.183. The fourth-order valence-electron chi connectivity index (χ4n) is 3.14. The number of hydrogen-bond acceptors (Lipinski definition) is 4. The molecule has 7 heteroatoms. The van der Waals surface area contributed by atoms with Gasteiger partial charge in [-0.15, -0.1) is 0 Å². The van der Waals surface area contributed by atoms with E-state index in [0.29, 0.717) is 16.9 Å². The Morgan fingerprint density at radius 1 is 1.11 bits per heavy atom. The van der Waals surface area contributed by atoms with Crippen molar-refractivity contribution in [1.82, 2.24) is 19.1 Å². The Kier molecular flexibility index (Phi) is 4.49. The molecule has 2 aromatic heterocycles. The molecule has 0 fully saturated rings. The highest BCUT2D eigenvalue weighted by atomic mass is 16.2. The molecule has 0 aliphatic carbocycles. The minimum Gasteiger partial charge on any atom is -0.333 e. The molecule has 0 saturated carbocycles. The molecular formula is C21H19N5O2. The average Bonchev–Trinajstić information content (AvgIpc) is 3.11. The lowest BCUT2D eigenvalue weighted by Crippen LogP contribution is -2.30. The van der Waals surface area contributed by atoms with E-state index in [4.69, 9.17) is 0 Å². The number of amides is 1. The first-order chi connectivity index (χ1) is 13.5. The molecule has 1 N–H and O–H groups in total. The number of aryl methyl sites for hydroxylation is 2. The van der Waals surface area contributed by atoms with Crippen molar-refractivity contribution in [1.29, 1.82) is 0 Å². The van der Waals surface area contributed by atoms with E-state index in [-0.39, 0.29) is 23.7 Å². The smallest absolute Gasteiger partial charge is 0.281 e. The summed E-state index contributed by atoms with van der Waals surface area (Å²) in [5.41, 5.74) is 2.77. The molecule has 0 aliphatic heterocycles. The second kappa shape index (κ2) is 7.11. The summed E-state index contributed by atoms with van der Waals surface area (Å²) in [7, 11) is 1.80. The molecule has 0 aliphatic rings. The van der Waals surface area contributed by atoms with Crippen LogP contribution in [-0.2, 0) is 18.4 Å². The molecule has 2 heterocycles. The van der Waals surface area contributed by atoms with Gasteiger partial charge in [0.1, 0.15) is 6.54 Å². The molecule has 4 aromatic rings. The molecule has 7 nitrogen and oxygen atoms in total. The van der Waals surface area contributed by atoms with Crippen LogP contribution < -0.4 is 10.9 Å². The van der Waals surface area contributed by atoms with Gasteiger partial charge in [-0.05, 0) is 30.7 Å². The SMILES string of the molecule is Cc1ccccc1NC(=O)Cn1c(=O)c(-c2nccn2C)nc2ccccc21. The van der Waals surface area contributed by atoms with E-state index >= 15 is 0 Å². The van der Waals surface area contributed by atoms with Gasteiger partial charge in [-0.1, -0.05) is 30.3 Å². The molecule has 140 valence electrons. The van der Waals surface area contributed by atoms with Gasteiger partial charge in [-0.3, -0.25) is 14.2 Å². The number of imidazole rings is 1. The third-order valence-electron chi connectivity index (χ3n) is 4.61. The summed E-state index contributed by atoms with van der Waals surface area (Å²) in [6.45, 7) is 1.80. The van der Waals surface area contributed by atoms with Crippen molar-refractivity contribution in [3.8, 4) is 11.5 Å². The fourth-order valence-corrected chi connectivity index (χ4v) is 3.14. The lowest BCUT2D eigenvalue weighted by atomic mass is 10.2. The van der Waals surface area contributed by atoms with E-state index < -0.39 is 0 Å². The van der Waals surface area contributed by atoms with Crippen LogP contribution in [0, 0.1) is 6.92 Å². The highest BCUT2D eigenvalue weighted by Crippen LogP contribution is 2.17. The van der Waals surface area contributed by atoms with Gasteiger partial charge in [0.05, 0.1) is 11.0 Å². The second-order valence-electron chi connectivity index (χ2n) is 6.57. The lowest BCUT2D eigenvalue weighted by Gasteiger charge is -2.13. The van der Waals surface area contributed by atoms with Gasteiger partial charge in [0.2, 0.25) is 5.91 Å². The monoisotopic (exact) mass is 373 g/mol. The highest BCUT2D eigenvalue weighted by Gasteiger charge is 2.17. The number of nitrogens with zero attached hydrogens (tertiary/aromatic N) is 4. The maximum Gasteiger partial charge on any atom is 0.281 e. The third-order valence-corrected chi connectivity index (χ3v) is 4.61. The Balaban J connectivity index is 1.78. The van der Waals surface area contributed by atoms with Gasteiger partial charge in [0.15, 0.2) is 11.5 Å². The Bertz CT molecular complexity index is 1240. The van der Waals surface area contributed by atoms with Crippen LogP contribution in [-0.4, -0.2) is 25.0 Å². The molecule has 0 unspecified atom stereocenters. The number of nitrogens with one attached hydrogen (secondary N) is 1. The predicted octanol–water partition coefficient (Wildman–Crippen LogP) is 2.74. The van der Waals surface area contributed by atoms with E-state index in [1.54, 1.807) is 30.1 Å². The molecule has 1 amide bonds. The molecule has 0 atom stereocenters. The standard InChI is InChI=1S/C21H19N5O2/c1-14-7-3-4-8-15(14)23-18(27)13-26-17-10-6-5-9-16(17)24-19(21(26)28)20-22-11-12-25(20)2/h3-12H,13H2,1-2H3,(H,23,27). The molecular weight excluding hydrogens is 354 g/mol. The van der Waals surface area contributed by atoms with Crippen molar-refractivity contribution in [3.63, 3.8) is 0 Å². The summed E-state index contributed by atoms with van der Waals surface area (Å²) < 4.78 is 3.18. The Morgan fingerprint density at radius 3 is 2.61 bits per heavy atom. The zero-order valence-corrected chi connectivity index (χ0v) is 15.6. The van der Waals surface area contributed by atoms with Gasteiger partial charge in [0.25, 0.3) is 5.56 Å². The van der Waals surface area contributed by atoms with Crippen molar-refractivity contribution in [2.75, 3.05) is 5.32 Å². The summed E-state index contributed by atoms with van der Waals surface area (Å²) in [6, 6.07) is 14.8. The zero-order valence-electron chi connectivity index (χ0n) is 15.6. The van der Waals surface area contributed by atoms with Crippen LogP contribution in [0.15, 0.2) is 65.7 Å². The Hall–Kier alpha value is -3.74.